The molecular formula is C18H27N3. The van der Waals surface area contributed by atoms with E-state index in [1.54, 1.807) is 0 Å². The van der Waals surface area contributed by atoms with Gasteiger partial charge in [0.05, 0.1) is 0 Å². The number of hydrogen-bond donors (Lipinski definition) is 1. The molecule has 1 aliphatic rings. The van der Waals surface area contributed by atoms with Gasteiger partial charge < -0.3 is 14.8 Å². The van der Waals surface area contributed by atoms with E-state index in [1.807, 2.05) is 7.05 Å². The van der Waals surface area contributed by atoms with Crippen molar-refractivity contribution in [2.45, 2.75) is 44.8 Å². The van der Waals surface area contributed by atoms with Gasteiger partial charge in [-0.2, -0.15) is 0 Å². The van der Waals surface area contributed by atoms with Crippen molar-refractivity contribution in [1.29, 1.82) is 0 Å². The normalized spacial score (nSPS) is 20.2. The molecule has 1 unspecified atom stereocenters. The van der Waals surface area contributed by atoms with Gasteiger partial charge in [0.15, 0.2) is 0 Å². The van der Waals surface area contributed by atoms with Crippen molar-refractivity contribution in [2.75, 3.05) is 20.6 Å². The van der Waals surface area contributed by atoms with Crippen molar-refractivity contribution in [3.05, 3.63) is 36.0 Å². The van der Waals surface area contributed by atoms with Gasteiger partial charge in [-0.05, 0) is 63.0 Å². The molecule has 0 saturated carbocycles. The summed E-state index contributed by atoms with van der Waals surface area (Å²) in [6.45, 7) is 3.33. The van der Waals surface area contributed by atoms with E-state index in [0.29, 0.717) is 0 Å². The number of aryl methyl sites for hydroxylation is 1. The highest BCUT2D eigenvalue weighted by Gasteiger charge is 2.18. The molecule has 0 aliphatic carbocycles. The summed E-state index contributed by atoms with van der Waals surface area (Å²) in [7, 11) is 4.28. The average Bonchev–Trinajstić information content (AvgIpc) is 2.89. The first-order valence-electron chi connectivity index (χ1n) is 8.20. The van der Waals surface area contributed by atoms with Gasteiger partial charge in [-0.15, -0.1) is 0 Å². The van der Waals surface area contributed by atoms with Crippen molar-refractivity contribution >= 4 is 10.9 Å². The Hall–Kier alpha value is -1.32. The van der Waals surface area contributed by atoms with E-state index in [2.05, 4.69) is 52.3 Å². The minimum Gasteiger partial charge on any atom is -0.347 e. The van der Waals surface area contributed by atoms with Crippen LogP contribution in [0.5, 0.6) is 0 Å². The van der Waals surface area contributed by atoms with Crippen LogP contribution in [0.15, 0.2) is 30.5 Å². The summed E-state index contributed by atoms with van der Waals surface area (Å²) >= 11 is 0. The third kappa shape index (κ3) is 3.30. The van der Waals surface area contributed by atoms with Crippen LogP contribution in [-0.2, 0) is 13.1 Å². The Labute approximate surface area is 127 Å². The summed E-state index contributed by atoms with van der Waals surface area (Å²) in [4.78, 5) is 2.54. The Bertz CT molecular complexity index is 587. The molecule has 2 heterocycles. The molecule has 3 nitrogen and oxygen atoms in total. The molecule has 1 N–H and O–H groups in total. The Kier molecular flexibility index (Phi) is 4.61. The predicted molar refractivity (Wildman–Crippen MR) is 89.6 cm³/mol. The maximum absolute atomic E-state index is 3.23. The summed E-state index contributed by atoms with van der Waals surface area (Å²) in [5.41, 5.74) is 2.74. The summed E-state index contributed by atoms with van der Waals surface area (Å²) in [6, 6.07) is 9.79. The number of rotatable bonds is 5. The molecule has 2 aromatic rings. The summed E-state index contributed by atoms with van der Waals surface area (Å²) in [5, 5.41) is 4.59. The molecule has 3 rings (SSSR count). The van der Waals surface area contributed by atoms with Crippen LogP contribution in [0.4, 0.5) is 0 Å². The van der Waals surface area contributed by atoms with E-state index in [9.17, 15) is 0 Å². The highest BCUT2D eigenvalue weighted by Crippen LogP contribution is 2.22. The van der Waals surface area contributed by atoms with E-state index in [4.69, 9.17) is 0 Å². The highest BCUT2D eigenvalue weighted by atomic mass is 15.1. The first-order chi connectivity index (χ1) is 10.3. The second-order valence-corrected chi connectivity index (χ2v) is 6.35. The monoisotopic (exact) mass is 285 g/mol. The molecule has 0 spiro atoms. The second-order valence-electron chi connectivity index (χ2n) is 6.35. The van der Waals surface area contributed by atoms with Gasteiger partial charge in [0.25, 0.3) is 0 Å². The average molecular weight is 285 g/mol. The largest absolute Gasteiger partial charge is 0.347 e. The molecule has 1 aromatic heterocycles. The second kappa shape index (κ2) is 6.63. The van der Waals surface area contributed by atoms with Crippen molar-refractivity contribution in [3.8, 4) is 0 Å². The predicted octanol–water partition coefficient (Wildman–Crippen LogP) is 3.24. The molecule has 21 heavy (non-hydrogen) atoms. The number of hydrogen-bond acceptors (Lipinski definition) is 2. The number of fused-ring (bicyclic) bond motifs is 1. The smallest absolute Gasteiger partial charge is 0.0483 e. The molecule has 114 valence electrons. The number of piperidine rings is 1. The third-order valence-electron chi connectivity index (χ3n) is 4.84. The Morgan fingerprint density at radius 2 is 2.14 bits per heavy atom. The van der Waals surface area contributed by atoms with E-state index >= 15 is 0 Å². The van der Waals surface area contributed by atoms with Crippen molar-refractivity contribution in [3.63, 3.8) is 0 Å². The Balaban J connectivity index is 1.72. The lowest BCUT2D eigenvalue weighted by molar-refractivity contribution is 0.171. The fourth-order valence-electron chi connectivity index (χ4n) is 3.54. The van der Waals surface area contributed by atoms with Crippen LogP contribution in [0.25, 0.3) is 10.9 Å². The van der Waals surface area contributed by atoms with Gasteiger partial charge >= 0.3 is 0 Å². The molecule has 1 fully saturated rings. The summed E-state index contributed by atoms with van der Waals surface area (Å²) in [6.07, 6.45) is 7.63. The molecule has 3 heteroatoms. The number of nitrogens with one attached hydrogen (secondary N) is 1. The van der Waals surface area contributed by atoms with E-state index in [-0.39, 0.29) is 0 Å². The van der Waals surface area contributed by atoms with Gasteiger partial charge in [-0.1, -0.05) is 18.6 Å². The fraction of sp³-hybridized carbons (Fsp3) is 0.556. The molecular weight excluding hydrogens is 258 g/mol. The lowest BCUT2D eigenvalue weighted by atomic mass is 10.0. The lowest BCUT2D eigenvalue weighted by Crippen LogP contribution is -2.36. The number of likely N-dealkylation sites (tertiary alicyclic amines) is 1. The van der Waals surface area contributed by atoms with Crippen molar-refractivity contribution < 1.29 is 0 Å². The standard InChI is InChI=1S/C18H27N3/c1-19-14-15-6-7-16-8-11-21(18(16)13-15)12-9-17-5-3-4-10-20(17)2/h6-8,11,13,17,19H,3-5,9-10,12,14H2,1-2H3. The van der Waals surface area contributed by atoms with E-state index < -0.39 is 0 Å². The number of aromatic nitrogens is 1. The zero-order valence-corrected chi connectivity index (χ0v) is 13.3. The zero-order valence-electron chi connectivity index (χ0n) is 13.3. The van der Waals surface area contributed by atoms with Gasteiger partial charge in [-0.3, -0.25) is 0 Å². The first-order valence-corrected chi connectivity index (χ1v) is 8.20. The maximum Gasteiger partial charge on any atom is 0.0483 e. The summed E-state index contributed by atoms with van der Waals surface area (Å²) in [5.74, 6) is 0. The minimum absolute atomic E-state index is 0.761. The quantitative estimate of drug-likeness (QED) is 0.910. The summed E-state index contributed by atoms with van der Waals surface area (Å²) < 4.78 is 2.43. The topological polar surface area (TPSA) is 20.2 Å². The van der Waals surface area contributed by atoms with E-state index in [1.165, 1.54) is 48.7 Å². The van der Waals surface area contributed by atoms with Gasteiger partial charge in [0, 0.05) is 30.8 Å². The van der Waals surface area contributed by atoms with Crippen LogP contribution in [0.3, 0.4) is 0 Å². The van der Waals surface area contributed by atoms with Crippen LogP contribution in [-0.4, -0.2) is 36.1 Å². The third-order valence-corrected chi connectivity index (χ3v) is 4.84. The molecule has 1 atom stereocenters. The highest BCUT2D eigenvalue weighted by molar-refractivity contribution is 5.80. The van der Waals surface area contributed by atoms with Gasteiger partial charge in [0.2, 0.25) is 0 Å². The molecule has 0 radical (unpaired) electrons. The van der Waals surface area contributed by atoms with E-state index in [0.717, 1.165) is 19.1 Å². The lowest BCUT2D eigenvalue weighted by Gasteiger charge is -2.32. The maximum atomic E-state index is 3.23. The van der Waals surface area contributed by atoms with Crippen LogP contribution in [0, 0.1) is 0 Å². The Morgan fingerprint density at radius 3 is 2.95 bits per heavy atom. The molecule has 1 aliphatic heterocycles. The molecule has 1 aromatic carbocycles. The SMILES string of the molecule is CNCc1ccc2ccn(CCC3CCCCN3C)c2c1. The number of benzene rings is 1. The zero-order chi connectivity index (χ0) is 14.7. The van der Waals surface area contributed by atoms with Crippen LogP contribution < -0.4 is 5.32 Å². The van der Waals surface area contributed by atoms with Crippen LogP contribution in [0.1, 0.15) is 31.2 Å². The van der Waals surface area contributed by atoms with Crippen molar-refractivity contribution in [1.82, 2.24) is 14.8 Å². The Morgan fingerprint density at radius 1 is 1.24 bits per heavy atom. The van der Waals surface area contributed by atoms with Crippen LogP contribution >= 0.6 is 0 Å². The molecule has 1 saturated heterocycles. The van der Waals surface area contributed by atoms with Gasteiger partial charge in [0.1, 0.15) is 0 Å². The fourth-order valence-corrected chi connectivity index (χ4v) is 3.54. The van der Waals surface area contributed by atoms with Crippen molar-refractivity contribution in [2.24, 2.45) is 0 Å². The minimum atomic E-state index is 0.761. The first kappa shape index (κ1) is 14.6. The van der Waals surface area contributed by atoms with Gasteiger partial charge in [-0.25, -0.2) is 0 Å². The van der Waals surface area contributed by atoms with Crippen LogP contribution in [0.2, 0.25) is 0 Å². The number of nitrogens with zero attached hydrogens (tertiary/aromatic N) is 2. The molecule has 0 amide bonds. The molecule has 0 bridgehead atoms.